The highest BCUT2D eigenvalue weighted by molar-refractivity contribution is 5.52. The summed E-state index contributed by atoms with van der Waals surface area (Å²) in [5.74, 6) is -8.66. The third kappa shape index (κ3) is 2.09. The highest BCUT2D eigenvalue weighted by Gasteiger charge is 2.58. The fourth-order valence-electron chi connectivity index (χ4n) is 1.30. The maximum absolute atomic E-state index is 13.0. The molecule has 0 fully saturated rings. The number of benzene rings is 1. The Kier molecular flexibility index (Phi) is 2.56. The molecule has 2 rings (SSSR count). The summed E-state index contributed by atoms with van der Waals surface area (Å²) < 4.78 is 61.3. The minimum atomic E-state index is -4.28. The Bertz CT molecular complexity index is 436. The summed E-state index contributed by atoms with van der Waals surface area (Å²) in [5.41, 5.74) is 5.69. The SMILES string of the molecule is Nc1ccc2c(c1)OCC(F)(F)C(F)(F)CO2. The molecule has 17 heavy (non-hydrogen) atoms. The van der Waals surface area contributed by atoms with E-state index in [9.17, 15) is 17.6 Å². The van der Waals surface area contributed by atoms with Crippen LogP contribution in [-0.2, 0) is 0 Å². The van der Waals surface area contributed by atoms with Crippen molar-refractivity contribution < 1.29 is 27.0 Å². The van der Waals surface area contributed by atoms with E-state index in [1.165, 1.54) is 18.2 Å². The molecule has 0 radical (unpaired) electrons. The van der Waals surface area contributed by atoms with E-state index in [1.807, 2.05) is 0 Å². The molecular formula is C10H9F4NO2. The van der Waals surface area contributed by atoms with E-state index in [0.29, 0.717) is 0 Å². The van der Waals surface area contributed by atoms with Gasteiger partial charge in [0.15, 0.2) is 24.7 Å². The molecule has 7 heteroatoms. The maximum atomic E-state index is 13.0. The van der Waals surface area contributed by atoms with Gasteiger partial charge in [0.2, 0.25) is 0 Å². The largest absolute Gasteiger partial charge is 0.483 e. The van der Waals surface area contributed by atoms with Crippen LogP contribution in [0.4, 0.5) is 23.2 Å². The maximum Gasteiger partial charge on any atom is 0.346 e. The fourth-order valence-corrected chi connectivity index (χ4v) is 1.30. The Morgan fingerprint density at radius 1 is 0.941 bits per heavy atom. The Morgan fingerprint density at radius 2 is 1.47 bits per heavy atom. The molecule has 0 aromatic heterocycles. The van der Waals surface area contributed by atoms with Gasteiger partial charge in [0.1, 0.15) is 0 Å². The van der Waals surface area contributed by atoms with Crippen LogP contribution in [0.1, 0.15) is 0 Å². The van der Waals surface area contributed by atoms with Crippen LogP contribution in [0.2, 0.25) is 0 Å². The van der Waals surface area contributed by atoms with Crippen molar-refractivity contribution in [2.75, 3.05) is 18.9 Å². The van der Waals surface area contributed by atoms with Crippen molar-refractivity contribution in [3.63, 3.8) is 0 Å². The van der Waals surface area contributed by atoms with Crippen LogP contribution in [0, 0.1) is 0 Å². The predicted octanol–water partition coefficient (Wildman–Crippen LogP) is 2.31. The highest BCUT2D eigenvalue weighted by atomic mass is 19.3. The van der Waals surface area contributed by atoms with Gasteiger partial charge in [0.25, 0.3) is 0 Å². The van der Waals surface area contributed by atoms with Gasteiger partial charge in [-0.3, -0.25) is 0 Å². The average Bonchev–Trinajstić information content (AvgIpc) is 2.24. The molecule has 0 saturated heterocycles. The summed E-state index contributed by atoms with van der Waals surface area (Å²) in [6, 6.07) is 3.94. The number of rotatable bonds is 0. The quantitative estimate of drug-likeness (QED) is 0.568. The minimum absolute atomic E-state index is 0.0330. The van der Waals surface area contributed by atoms with Crippen molar-refractivity contribution in [3.8, 4) is 11.5 Å². The Morgan fingerprint density at radius 3 is 2.06 bits per heavy atom. The van der Waals surface area contributed by atoms with Gasteiger partial charge in [-0.15, -0.1) is 0 Å². The van der Waals surface area contributed by atoms with E-state index < -0.39 is 25.1 Å². The zero-order valence-corrected chi connectivity index (χ0v) is 8.55. The number of fused-ring (bicyclic) bond motifs is 1. The molecular weight excluding hydrogens is 242 g/mol. The van der Waals surface area contributed by atoms with Gasteiger partial charge in [-0.05, 0) is 12.1 Å². The van der Waals surface area contributed by atoms with Gasteiger partial charge < -0.3 is 15.2 Å². The molecule has 0 saturated carbocycles. The average molecular weight is 251 g/mol. The van der Waals surface area contributed by atoms with Gasteiger partial charge in [0.05, 0.1) is 0 Å². The highest BCUT2D eigenvalue weighted by Crippen LogP contribution is 2.40. The van der Waals surface area contributed by atoms with Crippen LogP contribution in [0.15, 0.2) is 18.2 Å². The van der Waals surface area contributed by atoms with E-state index in [0.717, 1.165) is 0 Å². The fraction of sp³-hybridized carbons (Fsp3) is 0.400. The lowest BCUT2D eigenvalue weighted by Crippen LogP contribution is -2.50. The van der Waals surface area contributed by atoms with Crippen molar-refractivity contribution in [1.29, 1.82) is 0 Å². The summed E-state index contributed by atoms with van der Waals surface area (Å²) in [6.07, 6.45) is 0. The monoisotopic (exact) mass is 251 g/mol. The van der Waals surface area contributed by atoms with Crippen molar-refractivity contribution >= 4 is 5.69 Å². The number of halogens is 4. The first-order valence-electron chi connectivity index (χ1n) is 4.73. The van der Waals surface area contributed by atoms with Crippen LogP contribution in [0.5, 0.6) is 11.5 Å². The van der Waals surface area contributed by atoms with E-state index >= 15 is 0 Å². The molecule has 0 unspecified atom stereocenters. The molecule has 0 bridgehead atoms. The van der Waals surface area contributed by atoms with Crippen LogP contribution >= 0.6 is 0 Å². The van der Waals surface area contributed by atoms with Crippen molar-refractivity contribution in [2.45, 2.75) is 11.8 Å². The van der Waals surface area contributed by atoms with Crippen LogP contribution in [0.25, 0.3) is 0 Å². The van der Waals surface area contributed by atoms with Crippen molar-refractivity contribution in [2.24, 2.45) is 0 Å². The molecule has 1 aromatic rings. The standard InChI is InChI=1S/C10H9F4NO2/c11-9(12)4-16-7-2-1-6(15)3-8(7)17-5-10(9,13)14/h1-3H,4-5,15H2. The number of hydrogen-bond donors (Lipinski definition) is 1. The zero-order valence-electron chi connectivity index (χ0n) is 8.55. The van der Waals surface area contributed by atoms with Crippen molar-refractivity contribution in [3.05, 3.63) is 18.2 Å². The Balaban J connectivity index is 2.34. The first-order chi connectivity index (χ1) is 7.82. The van der Waals surface area contributed by atoms with Crippen LogP contribution < -0.4 is 15.2 Å². The van der Waals surface area contributed by atoms with E-state index in [-0.39, 0.29) is 17.2 Å². The zero-order chi connectivity index (χ0) is 12.7. The lowest BCUT2D eigenvalue weighted by Gasteiger charge is -2.29. The molecule has 1 aliphatic rings. The van der Waals surface area contributed by atoms with Gasteiger partial charge in [-0.2, -0.15) is 17.6 Å². The molecule has 0 spiro atoms. The van der Waals surface area contributed by atoms with E-state index in [1.54, 1.807) is 0 Å². The third-order valence-electron chi connectivity index (χ3n) is 2.32. The normalized spacial score (nSPS) is 21.4. The topological polar surface area (TPSA) is 44.5 Å². The van der Waals surface area contributed by atoms with Gasteiger partial charge in [-0.1, -0.05) is 0 Å². The molecule has 2 N–H and O–H groups in total. The molecule has 1 aromatic carbocycles. The first-order valence-corrected chi connectivity index (χ1v) is 4.73. The number of alkyl halides is 4. The van der Waals surface area contributed by atoms with E-state index in [2.05, 4.69) is 9.47 Å². The van der Waals surface area contributed by atoms with Gasteiger partial charge in [0, 0.05) is 11.8 Å². The van der Waals surface area contributed by atoms with Crippen LogP contribution in [-0.4, -0.2) is 25.1 Å². The minimum Gasteiger partial charge on any atom is -0.483 e. The van der Waals surface area contributed by atoms with Crippen LogP contribution in [0.3, 0.4) is 0 Å². The molecule has 0 aliphatic carbocycles. The second-order valence-electron chi connectivity index (χ2n) is 3.69. The lowest BCUT2D eigenvalue weighted by molar-refractivity contribution is -0.236. The third-order valence-corrected chi connectivity index (χ3v) is 2.32. The summed E-state index contributed by atoms with van der Waals surface area (Å²) in [6.45, 7) is -2.82. The van der Waals surface area contributed by atoms with Gasteiger partial charge >= 0.3 is 11.8 Å². The Labute approximate surface area is 94.1 Å². The number of nitrogen functional groups attached to an aromatic ring is 1. The Hall–Kier alpha value is -1.66. The smallest absolute Gasteiger partial charge is 0.346 e. The predicted molar refractivity (Wildman–Crippen MR) is 51.7 cm³/mol. The summed E-state index contributed by atoms with van der Waals surface area (Å²) in [7, 11) is 0. The first kappa shape index (κ1) is 11.8. The molecule has 0 atom stereocenters. The second kappa shape index (κ2) is 3.68. The molecule has 3 nitrogen and oxygen atoms in total. The van der Waals surface area contributed by atoms with Crippen molar-refractivity contribution in [1.82, 2.24) is 0 Å². The molecule has 0 amide bonds. The van der Waals surface area contributed by atoms with E-state index in [4.69, 9.17) is 5.73 Å². The number of nitrogens with two attached hydrogens (primary N) is 1. The lowest BCUT2D eigenvalue weighted by atomic mass is 10.2. The molecule has 94 valence electrons. The number of ether oxygens (including phenoxy) is 2. The number of anilines is 1. The van der Waals surface area contributed by atoms with Gasteiger partial charge in [-0.25, -0.2) is 0 Å². The molecule has 1 heterocycles. The second-order valence-corrected chi connectivity index (χ2v) is 3.69. The summed E-state index contributed by atoms with van der Waals surface area (Å²) in [5, 5.41) is 0. The summed E-state index contributed by atoms with van der Waals surface area (Å²) >= 11 is 0. The molecule has 1 aliphatic heterocycles. The summed E-state index contributed by atoms with van der Waals surface area (Å²) in [4.78, 5) is 0. The number of hydrogen-bond acceptors (Lipinski definition) is 3.